The van der Waals surface area contributed by atoms with Crippen LogP contribution in [0, 0.1) is 23.5 Å². The zero-order valence-corrected chi connectivity index (χ0v) is 14.3. The summed E-state index contributed by atoms with van der Waals surface area (Å²) in [6.07, 6.45) is 6.05. The van der Waals surface area contributed by atoms with E-state index in [0.717, 1.165) is 24.9 Å². The lowest BCUT2D eigenvalue weighted by Gasteiger charge is -2.38. The molecule has 21 heavy (non-hydrogen) atoms. The zero-order chi connectivity index (χ0) is 15.4. The Morgan fingerprint density at radius 3 is 2.62 bits per heavy atom. The summed E-state index contributed by atoms with van der Waals surface area (Å²) in [5.41, 5.74) is 0.848. The van der Waals surface area contributed by atoms with E-state index in [2.05, 4.69) is 35.1 Å². The third-order valence-corrected chi connectivity index (χ3v) is 5.55. The summed E-state index contributed by atoms with van der Waals surface area (Å²) in [5, 5.41) is 3.50. The molecule has 1 aliphatic rings. The summed E-state index contributed by atoms with van der Waals surface area (Å²) >= 11 is 3.26. The molecule has 0 aliphatic heterocycles. The molecule has 0 bridgehead atoms. The van der Waals surface area contributed by atoms with Gasteiger partial charge in [0.25, 0.3) is 0 Å². The molecule has 0 radical (unpaired) electrons. The summed E-state index contributed by atoms with van der Waals surface area (Å²) in [6, 6.07) is 3.05. The Morgan fingerprint density at radius 2 is 1.95 bits per heavy atom. The van der Waals surface area contributed by atoms with Crippen molar-refractivity contribution >= 4 is 15.9 Å². The molecule has 4 heteroatoms. The molecule has 118 valence electrons. The molecule has 0 heterocycles. The number of hydrogen-bond donors (Lipinski definition) is 1. The van der Waals surface area contributed by atoms with Gasteiger partial charge in [0.05, 0.1) is 4.47 Å². The van der Waals surface area contributed by atoms with Crippen LogP contribution in [0.1, 0.15) is 57.6 Å². The molecule has 1 aromatic carbocycles. The van der Waals surface area contributed by atoms with E-state index in [1.807, 2.05) is 0 Å². The Hall–Kier alpha value is -0.480. The predicted octanol–water partition coefficient (Wildman–Crippen LogP) is 5.59. The molecule has 0 spiro atoms. The topological polar surface area (TPSA) is 12.0 Å². The normalized spacial score (nSPS) is 24.0. The maximum absolute atomic E-state index is 13.9. The maximum Gasteiger partial charge on any atom is 0.173 e. The second kappa shape index (κ2) is 7.68. The third-order valence-electron chi connectivity index (χ3n) is 4.74. The van der Waals surface area contributed by atoms with Crippen LogP contribution in [0.5, 0.6) is 0 Å². The van der Waals surface area contributed by atoms with Crippen molar-refractivity contribution in [3.63, 3.8) is 0 Å². The van der Waals surface area contributed by atoms with Crippen molar-refractivity contribution in [1.82, 2.24) is 5.32 Å². The Balaban J connectivity index is 2.36. The van der Waals surface area contributed by atoms with E-state index in [1.165, 1.54) is 25.3 Å². The lowest BCUT2D eigenvalue weighted by atomic mass is 9.72. The molecule has 0 aromatic heterocycles. The van der Waals surface area contributed by atoms with Crippen molar-refractivity contribution in [2.45, 2.75) is 52.0 Å². The highest BCUT2D eigenvalue weighted by molar-refractivity contribution is 9.10. The highest BCUT2D eigenvalue weighted by Gasteiger charge is 2.33. The van der Waals surface area contributed by atoms with Gasteiger partial charge in [-0.25, -0.2) is 8.78 Å². The number of nitrogens with one attached hydrogen (secondary N) is 1. The van der Waals surface area contributed by atoms with E-state index >= 15 is 0 Å². The van der Waals surface area contributed by atoms with E-state index in [-0.39, 0.29) is 10.5 Å². The fourth-order valence-electron chi connectivity index (χ4n) is 3.67. The highest BCUT2D eigenvalue weighted by atomic mass is 79.9. The van der Waals surface area contributed by atoms with Crippen molar-refractivity contribution in [2.24, 2.45) is 11.8 Å². The molecule has 1 N–H and O–H groups in total. The monoisotopic (exact) mass is 359 g/mol. The second-order valence-corrected chi connectivity index (χ2v) is 6.71. The first-order valence-electron chi connectivity index (χ1n) is 7.96. The smallest absolute Gasteiger partial charge is 0.173 e. The molecule has 1 aliphatic carbocycles. The van der Waals surface area contributed by atoms with Gasteiger partial charge in [-0.15, -0.1) is 0 Å². The predicted molar refractivity (Wildman–Crippen MR) is 86.2 cm³/mol. The number of halogens is 3. The number of hydrogen-bond acceptors (Lipinski definition) is 1. The lowest BCUT2D eigenvalue weighted by molar-refractivity contribution is 0.176. The Kier molecular flexibility index (Phi) is 6.18. The van der Waals surface area contributed by atoms with Gasteiger partial charge in [0.1, 0.15) is 0 Å². The van der Waals surface area contributed by atoms with Crippen LogP contribution in [-0.2, 0) is 0 Å². The van der Waals surface area contributed by atoms with Gasteiger partial charge in [0, 0.05) is 6.04 Å². The Labute approximate surface area is 134 Å². The summed E-state index contributed by atoms with van der Waals surface area (Å²) in [7, 11) is 0. The molecule has 1 aromatic rings. The molecule has 3 unspecified atom stereocenters. The molecule has 0 saturated heterocycles. The fraction of sp³-hybridized carbons (Fsp3) is 0.647. The van der Waals surface area contributed by atoms with Gasteiger partial charge >= 0.3 is 0 Å². The second-order valence-electron chi connectivity index (χ2n) is 5.92. The number of benzene rings is 1. The first-order valence-corrected chi connectivity index (χ1v) is 8.76. The molecule has 0 amide bonds. The minimum absolute atomic E-state index is 0.0877. The van der Waals surface area contributed by atoms with Crippen LogP contribution in [0.15, 0.2) is 16.6 Å². The molecule has 1 nitrogen and oxygen atoms in total. The Morgan fingerprint density at radius 1 is 1.24 bits per heavy atom. The van der Waals surface area contributed by atoms with Crippen LogP contribution >= 0.6 is 15.9 Å². The van der Waals surface area contributed by atoms with E-state index in [1.54, 1.807) is 6.07 Å². The van der Waals surface area contributed by atoms with Crippen molar-refractivity contribution in [1.29, 1.82) is 0 Å². The summed E-state index contributed by atoms with van der Waals surface area (Å²) in [4.78, 5) is 0. The average molecular weight is 360 g/mol. The minimum atomic E-state index is -0.795. The van der Waals surface area contributed by atoms with E-state index in [9.17, 15) is 8.78 Å². The summed E-state index contributed by atoms with van der Waals surface area (Å²) in [6.45, 7) is 5.11. The van der Waals surface area contributed by atoms with Gasteiger partial charge in [0.2, 0.25) is 0 Å². The quantitative estimate of drug-likeness (QED) is 0.675. The molecule has 1 saturated carbocycles. The van der Waals surface area contributed by atoms with E-state index < -0.39 is 11.6 Å². The van der Waals surface area contributed by atoms with Crippen molar-refractivity contribution in [2.75, 3.05) is 6.54 Å². The number of rotatable bonds is 5. The summed E-state index contributed by atoms with van der Waals surface area (Å²) in [5.74, 6) is -0.427. The van der Waals surface area contributed by atoms with Crippen LogP contribution in [0.2, 0.25) is 0 Å². The summed E-state index contributed by atoms with van der Waals surface area (Å²) < 4.78 is 27.5. The molecule has 2 rings (SSSR count). The van der Waals surface area contributed by atoms with Gasteiger partial charge in [0.15, 0.2) is 11.6 Å². The fourth-order valence-corrected chi connectivity index (χ4v) is 4.24. The van der Waals surface area contributed by atoms with Crippen molar-refractivity contribution < 1.29 is 8.78 Å². The molecule has 3 atom stereocenters. The first kappa shape index (κ1) is 16.9. The van der Waals surface area contributed by atoms with E-state index in [4.69, 9.17) is 0 Å². The highest BCUT2D eigenvalue weighted by Crippen LogP contribution is 2.42. The molecular formula is C17H24BrF2N. The van der Waals surface area contributed by atoms with Crippen molar-refractivity contribution in [3.8, 4) is 0 Å². The molecular weight excluding hydrogens is 336 g/mol. The van der Waals surface area contributed by atoms with Crippen LogP contribution in [0.25, 0.3) is 0 Å². The standard InChI is InChI=1S/C17H24BrF2N/c1-3-11-7-5-6-8-12(11)17(21-4-2)13-9-10-14(19)16(20)15(13)18/h9-12,17,21H,3-8H2,1-2H3. The first-order chi connectivity index (χ1) is 10.1. The lowest BCUT2D eigenvalue weighted by Crippen LogP contribution is -2.34. The van der Waals surface area contributed by atoms with Crippen LogP contribution in [-0.4, -0.2) is 6.54 Å². The Bertz CT molecular complexity index is 478. The van der Waals surface area contributed by atoms with Crippen LogP contribution in [0.3, 0.4) is 0 Å². The third kappa shape index (κ3) is 3.65. The van der Waals surface area contributed by atoms with Gasteiger partial charge in [-0.3, -0.25) is 0 Å². The maximum atomic E-state index is 13.9. The van der Waals surface area contributed by atoms with Gasteiger partial charge < -0.3 is 5.32 Å². The van der Waals surface area contributed by atoms with Gasteiger partial charge in [-0.1, -0.05) is 45.6 Å². The molecule has 1 fully saturated rings. The zero-order valence-electron chi connectivity index (χ0n) is 12.8. The minimum Gasteiger partial charge on any atom is -0.310 e. The van der Waals surface area contributed by atoms with Crippen LogP contribution in [0.4, 0.5) is 8.78 Å². The van der Waals surface area contributed by atoms with Crippen molar-refractivity contribution in [3.05, 3.63) is 33.8 Å². The largest absolute Gasteiger partial charge is 0.310 e. The van der Waals surface area contributed by atoms with E-state index in [0.29, 0.717) is 11.8 Å². The van der Waals surface area contributed by atoms with Crippen LogP contribution < -0.4 is 5.32 Å². The average Bonchev–Trinajstić information content (AvgIpc) is 2.51. The SMILES string of the molecule is CCNC(c1ccc(F)c(F)c1Br)C1CCCCC1CC. The van der Waals surface area contributed by atoms with Gasteiger partial charge in [-0.2, -0.15) is 0 Å². The van der Waals surface area contributed by atoms with Gasteiger partial charge in [-0.05, 0) is 52.4 Å².